The maximum Gasteiger partial charge on any atom is 0.416 e. The average Bonchev–Trinajstić information content (AvgIpc) is 2.83. The van der Waals surface area contributed by atoms with Gasteiger partial charge in [0.05, 0.1) is 6.54 Å². The van der Waals surface area contributed by atoms with Crippen LogP contribution in [0.15, 0.2) is 22.7 Å². The molecule has 1 aliphatic rings. The number of cyclic esters (lactones) is 1. The second-order valence-electron chi connectivity index (χ2n) is 3.89. The Bertz CT molecular complexity index is 573. The third-order valence-corrected chi connectivity index (χ3v) is 3.08. The third kappa shape index (κ3) is 3.08. The summed E-state index contributed by atoms with van der Waals surface area (Å²) in [6, 6.07) is 4.39. The zero-order valence-electron chi connectivity index (χ0n) is 10.2. The molecular formula is C12H10BrNO6. The zero-order valence-corrected chi connectivity index (χ0v) is 11.8. The van der Waals surface area contributed by atoms with Gasteiger partial charge in [-0.15, -0.1) is 0 Å². The molecule has 0 radical (unpaired) electrons. The Kier molecular flexibility index (Phi) is 4.23. The number of carbonyl (C=O) groups is 3. The van der Waals surface area contributed by atoms with Crippen LogP contribution in [-0.2, 0) is 9.53 Å². The summed E-state index contributed by atoms with van der Waals surface area (Å²) in [5.74, 6) is -1.69. The van der Waals surface area contributed by atoms with E-state index >= 15 is 0 Å². The predicted molar refractivity (Wildman–Crippen MR) is 69.7 cm³/mol. The monoisotopic (exact) mass is 343 g/mol. The standard InChI is InChI=1S/C12H10BrNO6/c13-7-1-2-9(8(5-7)11(16)17)20-6-10(15)14-3-4-19-12(14)18/h1-2,5H,3-4,6H2,(H,16,17). The Labute approximate surface area is 122 Å². The molecule has 1 aromatic carbocycles. The third-order valence-electron chi connectivity index (χ3n) is 2.59. The minimum atomic E-state index is -1.17. The molecule has 2 amide bonds. The van der Waals surface area contributed by atoms with Crippen LogP contribution in [0.2, 0.25) is 0 Å². The summed E-state index contributed by atoms with van der Waals surface area (Å²) in [5.41, 5.74) is -0.0730. The van der Waals surface area contributed by atoms with Crippen molar-refractivity contribution in [2.45, 2.75) is 0 Å². The number of imide groups is 1. The molecule has 0 spiro atoms. The number of nitrogens with zero attached hydrogens (tertiary/aromatic N) is 1. The van der Waals surface area contributed by atoms with Crippen molar-refractivity contribution >= 4 is 33.9 Å². The van der Waals surface area contributed by atoms with Gasteiger partial charge in [0.2, 0.25) is 0 Å². The molecule has 20 heavy (non-hydrogen) atoms. The number of carbonyl (C=O) groups excluding carboxylic acids is 2. The van der Waals surface area contributed by atoms with Gasteiger partial charge in [-0.3, -0.25) is 4.79 Å². The molecule has 0 aromatic heterocycles. The number of halogens is 1. The number of hydrogen-bond donors (Lipinski definition) is 1. The molecule has 1 aromatic rings. The highest BCUT2D eigenvalue weighted by Crippen LogP contribution is 2.23. The molecular weight excluding hydrogens is 334 g/mol. The molecule has 0 bridgehead atoms. The van der Waals surface area contributed by atoms with Gasteiger partial charge in [-0.25, -0.2) is 14.5 Å². The van der Waals surface area contributed by atoms with E-state index in [1.807, 2.05) is 0 Å². The van der Waals surface area contributed by atoms with E-state index in [2.05, 4.69) is 20.7 Å². The molecule has 2 rings (SSSR count). The van der Waals surface area contributed by atoms with Crippen molar-refractivity contribution < 1.29 is 29.0 Å². The van der Waals surface area contributed by atoms with Crippen molar-refractivity contribution in [2.75, 3.05) is 19.8 Å². The quantitative estimate of drug-likeness (QED) is 0.890. The van der Waals surface area contributed by atoms with Crippen LogP contribution >= 0.6 is 15.9 Å². The normalized spacial score (nSPS) is 14.1. The number of carboxylic acid groups (broad SMARTS) is 1. The SMILES string of the molecule is O=C(O)c1cc(Br)ccc1OCC(=O)N1CCOC1=O. The first-order chi connectivity index (χ1) is 9.49. The summed E-state index contributed by atoms with van der Waals surface area (Å²) < 4.78 is 10.4. The van der Waals surface area contributed by atoms with Crippen molar-refractivity contribution in [3.63, 3.8) is 0 Å². The van der Waals surface area contributed by atoms with Gasteiger partial charge in [0, 0.05) is 4.47 Å². The number of rotatable bonds is 4. The van der Waals surface area contributed by atoms with E-state index in [-0.39, 0.29) is 24.5 Å². The molecule has 1 fully saturated rings. The summed E-state index contributed by atoms with van der Waals surface area (Å²) in [5, 5.41) is 9.04. The molecule has 106 valence electrons. The van der Waals surface area contributed by atoms with Gasteiger partial charge in [0.1, 0.15) is 17.9 Å². The fourth-order valence-electron chi connectivity index (χ4n) is 1.63. The van der Waals surface area contributed by atoms with E-state index < -0.39 is 24.6 Å². The van der Waals surface area contributed by atoms with Gasteiger partial charge in [-0.1, -0.05) is 15.9 Å². The molecule has 0 unspecified atom stereocenters. The van der Waals surface area contributed by atoms with Crippen molar-refractivity contribution in [2.24, 2.45) is 0 Å². The summed E-state index contributed by atoms with van der Waals surface area (Å²) in [4.78, 5) is 34.9. The minimum Gasteiger partial charge on any atom is -0.483 e. The maximum atomic E-state index is 11.7. The lowest BCUT2D eigenvalue weighted by atomic mass is 10.2. The van der Waals surface area contributed by atoms with Crippen LogP contribution < -0.4 is 4.74 Å². The van der Waals surface area contributed by atoms with E-state index in [0.29, 0.717) is 4.47 Å². The van der Waals surface area contributed by atoms with Gasteiger partial charge in [-0.2, -0.15) is 0 Å². The lowest BCUT2D eigenvalue weighted by Gasteiger charge is -2.13. The highest BCUT2D eigenvalue weighted by Gasteiger charge is 2.28. The molecule has 1 aliphatic heterocycles. The van der Waals surface area contributed by atoms with E-state index in [1.54, 1.807) is 6.07 Å². The Morgan fingerprint density at radius 3 is 2.80 bits per heavy atom. The van der Waals surface area contributed by atoms with Crippen molar-refractivity contribution in [1.29, 1.82) is 0 Å². The number of benzene rings is 1. The van der Waals surface area contributed by atoms with Crippen LogP contribution in [0.3, 0.4) is 0 Å². The molecule has 8 heteroatoms. The predicted octanol–water partition coefficient (Wildman–Crippen LogP) is 1.50. The van der Waals surface area contributed by atoms with Crippen molar-refractivity contribution in [3.8, 4) is 5.75 Å². The van der Waals surface area contributed by atoms with E-state index in [1.165, 1.54) is 12.1 Å². The maximum absolute atomic E-state index is 11.7. The number of amides is 2. The highest BCUT2D eigenvalue weighted by atomic mass is 79.9. The van der Waals surface area contributed by atoms with Crippen LogP contribution in [-0.4, -0.2) is 47.7 Å². The molecule has 0 aliphatic carbocycles. The number of carboxylic acids is 1. The number of hydrogen-bond acceptors (Lipinski definition) is 5. The van der Waals surface area contributed by atoms with E-state index in [0.717, 1.165) is 4.90 Å². The Hall–Kier alpha value is -2.09. The van der Waals surface area contributed by atoms with Crippen LogP contribution in [0, 0.1) is 0 Å². The first-order valence-corrected chi connectivity index (χ1v) is 6.41. The summed E-state index contributed by atoms with van der Waals surface area (Å²) in [7, 11) is 0. The summed E-state index contributed by atoms with van der Waals surface area (Å²) >= 11 is 3.15. The smallest absolute Gasteiger partial charge is 0.416 e. The lowest BCUT2D eigenvalue weighted by molar-refractivity contribution is -0.129. The van der Waals surface area contributed by atoms with Crippen LogP contribution in [0.1, 0.15) is 10.4 Å². The van der Waals surface area contributed by atoms with Gasteiger partial charge in [0.25, 0.3) is 5.91 Å². The van der Waals surface area contributed by atoms with Gasteiger partial charge in [-0.05, 0) is 18.2 Å². The highest BCUT2D eigenvalue weighted by molar-refractivity contribution is 9.10. The lowest BCUT2D eigenvalue weighted by Crippen LogP contribution is -2.35. The minimum absolute atomic E-state index is 0.0571. The van der Waals surface area contributed by atoms with Crippen LogP contribution in [0.25, 0.3) is 0 Å². The number of aromatic carboxylic acids is 1. The fraction of sp³-hybridized carbons (Fsp3) is 0.250. The number of ether oxygens (including phenoxy) is 2. The van der Waals surface area contributed by atoms with E-state index in [4.69, 9.17) is 9.84 Å². The molecule has 1 saturated heterocycles. The van der Waals surface area contributed by atoms with Gasteiger partial charge >= 0.3 is 12.1 Å². The summed E-state index contributed by atoms with van der Waals surface area (Å²) in [6.07, 6.45) is -0.715. The van der Waals surface area contributed by atoms with Crippen molar-refractivity contribution in [3.05, 3.63) is 28.2 Å². The first-order valence-electron chi connectivity index (χ1n) is 5.62. The zero-order chi connectivity index (χ0) is 14.7. The Morgan fingerprint density at radius 1 is 1.45 bits per heavy atom. The largest absolute Gasteiger partial charge is 0.483 e. The molecule has 1 N–H and O–H groups in total. The second-order valence-corrected chi connectivity index (χ2v) is 4.81. The van der Waals surface area contributed by atoms with E-state index in [9.17, 15) is 14.4 Å². The Morgan fingerprint density at radius 2 is 2.20 bits per heavy atom. The van der Waals surface area contributed by atoms with Crippen LogP contribution in [0.5, 0.6) is 5.75 Å². The molecule has 0 atom stereocenters. The van der Waals surface area contributed by atoms with Crippen LogP contribution in [0.4, 0.5) is 4.79 Å². The molecule has 7 nitrogen and oxygen atoms in total. The first kappa shape index (κ1) is 14.3. The average molecular weight is 344 g/mol. The second kappa shape index (κ2) is 5.91. The van der Waals surface area contributed by atoms with Crippen molar-refractivity contribution in [1.82, 2.24) is 4.90 Å². The topological polar surface area (TPSA) is 93.1 Å². The molecule has 0 saturated carbocycles. The Balaban J connectivity index is 2.05. The van der Waals surface area contributed by atoms with Gasteiger partial charge < -0.3 is 14.6 Å². The van der Waals surface area contributed by atoms with Gasteiger partial charge in [0.15, 0.2) is 6.61 Å². The molecule has 1 heterocycles. The summed E-state index contributed by atoms with van der Waals surface area (Å²) in [6.45, 7) is -0.104. The fourth-order valence-corrected chi connectivity index (χ4v) is 1.99.